The number of halogens is 2. The van der Waals surface area contributed by atoms with E-state index < -0.39 is 23.8 Å². The van der Waals surface area contributed by atoms with Gasteiger partial charge in [0.2, 0.25) is 0 Å². The van der Waals surface area contributed by atoms with Gasteiger partial charge in [-0.05, 0) is 12.8 Å². The van der Waals surface area contributed by atoms with Gasteiger partial charge in [-0.15, -0.1) is 0 Å². The third-order valence-electron chi connectivity index (χ3n) is 4.97. The molecule has 1 unspecified atom stereocenters. The van der Waals surface area contributed by atoms with Crippen molar-refractivity contribution in [3.8, 4) is 0 Å². The summed E-state index contributed by atoms with van der Waals surface area (Å²) in [7, 11) is 0. The first kappa shape index (κ1) is 18.7. The Morgan fingerprint density at radius 1 is 1.26 bits per heavy atom. The third kappa shape index (κ3) is 4.13. The number of amides is 1. The maximum absolute atomic E-state index is 14.6. The number of thioether (sulfide) groups is 1. The van der Waals surface area contributed by atoms with E-state index in [1.165, 1.54) is 17.0 Å². The maximum Gasteiger partial charge on any atom is 0.414 e. The number of hydrogen-bond acceptors (Lipinski definition) is 5. The van der Waals surface area contributed by atoms with E-state index >= 15 is 0 Å². The first-order chi connectivity index (χ1) is 13.0. The van der Waals surface area contributed by atoms with Crippen molar-refractivity contribution in [3.05, 3.63) is 23.8 Å². The van der Waals surface area contributed by atoms with Gasteiger partial charge in [0, 0.05) is 42.6 Å². The molecule has 2 aliphatic heterocycles. The monoisotopic (exact) mass is 413 g/mol. The predicted molar refractivity (Wildman–Crippen MR) is 107 cm³/mol. The fourth-order valence-corrected chi connectivity index (χ4v) is 4.56. The van der Waals surface area contributed by atoms with Crippen LogP contribution in [0.5, 0.6) is 0 Å². The zero-order valence-electron chi connectivity index (χ0n) is 14.7. The highest BCUT2D eigenvalue weighted by molar-refractivity contribution is 7.99. The molecule has 1 aliphatic carbocycles. The number of thiocarbonyl (C=S) groups is 1. The van der Waals surface area contributed by atoms with Gasteiger partial charge in [-0.25, -0.2) is 13.6 Å². The Balaban J connectivity index is 1.44. The molecule has 2 heterocycles. The van der Waals surface area contributed by atoms with Crippen molar-refractivity contribution in [1.82, 2.24) is 5.32 Å². The minimum Gasteiger partial charge on any atom is -0.442 e. The van der Waals surface area contributed by atoms with Gasteiger partial charge in [0.25, 0.3) is 0 Å². The summed E-state index contributed by atoms with van der Waals surface area (Å²) >= 11 is 7.04. The summed E-state index contributed by atoms with van der Waals surface area (Å²) in [6, 6.07) is 2.43. The molecule has 3 fully saturated rings. The average molecular weight is 414 g/mol. The van der Waals surface area contributed by atoms with E-state index in [9.17, 15) is 13.6 Å². The molecule has 5 nitrogen and oxygen atoms in total. The molecule has 0 aromatic heterocycles. The van der Waals surface area contributed by atoms with Crippen molar-refractivity contribution in [2.75, 3.05) is 47.5 Å². The van der Waals surface area contributed by atoms with Crippen LogP contribution < -0.4 is 15.1 Å². The molecular formula is C18H21F2N3O2S2. The smallest absolute Gasteiger partial charge is 0.414 e. The van der Waals surface area contributed by atoms with Crippen LogP contribution in [0, 0.1) is 17.6 Å². The standard InChI is InChI=1S/C18H21F2N3O2S2/c19-14-7-12(8-15(20)16(14)22-3-5-27-6-4-22)23-10-13(25-18(23)24)9-21-17(26)11-1-2-11/h7-8,11,13H,1-6,9-10H2,(H,21,26). The van der Waals surface area contributed by atoms with Crippen LogP contribution in [0.3, 0.4) is 0 Å². The topological polar surface area (TPSA) is 44.8 Å². The molecule has 0 radical (unpaired) electrons. The van der Waals surface area contributed by atoms with Crippen LogP contribution in [0.1, 0.15) is 12.8 Å². The second-order valence-corrected chi connectivity index (χ2v) is 8.66. The quantitative estimate of drug-likeness (QED) is 0.749. The summed E-state index contributed by atoms with van der Waals surface area (Å²) in [5, 5.41) is 3.12. The average Bonchev–Trinajstić information content (AvgIpc) is 3.43. The lowest BCUT2D eigenvalue weighted by Crippen LogP contribution is -2.35. The van der Waals surface area contributed by atoms with Crippen LogP contribution in [0.25, 0.3) is 0 Å². The fourth-order valence-electron chi connectivity index (χ4n) is 3.34. The van der Waals surface area contributed by atoms with Gasteiger partial charge in [0.15, 0.2) is 11.6 Å². The summed E-state index contributed by atoms with van der Waals surface area (Å²) in [6.45, 7) is 1.86. The number of cyclic esters (lactones) is 1. The van der Waals surface area contributed by atoms with Crippen LogP contribution in [0.4, 0.5) is 25.0 Å². The SMILES string of the molecule is O=C1OC(CNC(=S)C2CC2)CN1c1cc(F)c(N2CCSCC2)c(F)c1. The van der Waals surface area contributed by atoms with Gasteiger partial charge in [-0.2, -0.15) is 11.8 Å². The third-order valence-corrected chi connectivity index (χ3v) is 6.39. The van der Waals surface area contributed by atoms with Crippen LogP contribution in [0.2, 0.25) is 0 Å². The Labute approximate surface area is 166 Å². The van der Waals surface area contributed by atoms with E-state index in [0.717, 1.165) is 29.3 Å². The summed E-state index contributed by atoms with van der Waals surface area (Å²) in [6.07, 6.45) is 1.20. The van der Waals surface area contributed by atoms with Crippen LogP contribution in [-0.4, -0.2) is 54.9 Å². The zero-order valence-corrected chi connectivity index (χ0v) is 16.4. The van der Waals surface area contributed by atoms with Crippen molar-refractivity contribution >= 4 is 46.4 Å². The highest BCUT2D eigenvalue weighted by atomic mass is 32.2. The molecule has 1 N–H and O–H groups in total. The summed E-state index contributed by atoms with van der Waals surface area (Å²) in [5.74, 6) is 0.826. The number of benzene rings is 1. The second kappa shape index (κ2) is 7.79. The number of carbonyl (C=O) groups is 1. The molecule has 0 spiro atoms. The molecule has 1 aromatic rings. The Morgan fingerprint density at radius 2 is 1.93 bits per heavy atom. The molecule has 4 rings (SSSR count). The van der Waals surface area contributed by atoms with Gasteiger partial charge < -0.3 is 15.0 Å². The Morgan fingerprint density at radius 3 is 2.56 bits per heavy atom. The Hall–Kier alpha value is -1.61. The molecule has 0 bridgehead atoms. The van der Waals surface area contributed by atoms with E-state index in [4.69, 9.17) is 17.0 Å². The van der Waals surface area contributed by atoms with Crippen LogP contribution in [0.15, 0.2) is 12.1 Å². The van der Waals surface area contributed by atoms with Gasteiger partial charge in [-0.1, -0.05) is 12.2 Å². The number of carbonyl (C=O) groups excluding carboxylic acids is 1. The first-order valence-electron chi connectivity index (χ1n) is 9.10. The van der Waals surface area contributed by atoms with E-state index in [2.05, 4.69) is 5.32 Å². The van der Waals surface area contributed by atoms with E-state index in [-0.39, 0.29) is 17.9 Å². The van der Waals surface area contributed by atoms with E-state index in [1.54, 1.807) is 16.7 Å². The minimum absolute atomic E-state index is 0.0142. The highest BCUT2D eigenvalue weighted by Crippen LogP contribution is 2.32. The number of nitrogens with zero attached hydrogens (tertiary/aromatic N) is 2. The van der Waals surface area contributed by atoms with Gasteiger partial charge in [-0.3, -0.25) is 4.90 Å². The normalized spacial score (nSPS) is 22.7. The molecular weight excluding hydrogens is 392 g/mol. The second-order valence-electron chi connectivity index (χ2n) is 6.99. The predicted octanol–water partition coefficient (Wildman–Crippen LogP) is 3.17. The van der Waals surface area contributed by atoms with Crippen molar-refractivity contribution in [2.45, 2.75) is 18.9 Å². The van der Waals surface area contributed by atoms with Crippen molar-refractivity contribution < 1.29 is 18.3 Å². The summed E-state index contributed by atoms with van der Waals surface area (Å²) in [5.41, 5.74) is 0.164. The minimum atomic E-state index is -0.652. The first-order valence-corrected chi connectivity index (χ1v) is 10.7. The maximum atomic E-state index is 14.6. The van der Waals surface area contributed by atoms with Crippen molar-refractivity contribution in [1.29, 1.82) is 0 Å². The zero-order chi connectivity index (χ0) is 19.0. The Bertz CT molecular complexity index is 731. The number of rotatable bonds is 5. The molecule has 1 atom stereocenters. The molecule has 146 valence electrons. The van der Waals surface area contributed by atoms with Gasteiger partial charge in [0.05, 0.1) is 23.8 Å². The molecule has 3 aliphatic rings. The molecule has 1 aromatic carbocycles. The number of anilines is 2. The number of hydrogen-bond donors (Lipinski definition) is 1. The summed E-state index contributed by atoms with van der Waals surface area (Å²) < 4.78 is 34.6. The molecule has 9 heteroatoms. The number of ether oxygens (including phenoxy) is 1. The highest BCUT2D eigenvalue weighted by Gasteiger charge is 2.34. The lowest BCUT2D eigenvalue weighted by atomic mass is 10.2. The Kier molecular flexibility index (Phi) is 5.41. The molecule has 27 heavy (non-hydrogen) atoms. The molecule has 1 saturated carbocycles. The van der Waals surface area contributed by atoms with E-state index in [0.29, 0.717) is 25.6 Å². The van der Waals surface area contributed by atoms with Crippen molar-refractivity contribution in [2.24, 2.45) is 5.92 Å². The lowest BCUT2D eigenvalue weighted by molar-refractivity contribution is 0.143. The lowest BCUT2D eigenvalue weighted by Gasteiger charge is -2.29. The van der Waals surface area contributed by atoms with Crippen LogP contribution >= 0.6 is 24.0 Å². The van der Waals surface area contributed by atoms with Gasteiger partial charge in [0.1, 0.15) is 11.8 Å². The van der Waals surface area contributed by atoms with Crippen molar-refractivity contribution in [3.63, 3.8) is 0 Å². The number of nitrogens with one attached hydrogen (secondary N) is 1. The largest absolute Gasteiger partial charge is 0.442 e. The molecule has 2 saturated heterocycles. The van der Waals surface area contributed by atoms with Crippen LogP contribution in [-0.2, 0) is 4.74 Å². The van der Waals surface area contributed by atoms with Gasteiger partial charge >= 0.3 is 6.09 Å². The van der Waals surface area contributed by atoms with E-state index in [1.807, 2.05) is 0 Å². The molecule has 1 amide bonds. The fraction of sp³-hybridized carbons (Fsp3) is 0.556. The summed E-state index contributed by atoms with van der Waals surface area (Å²) in [4.78, 5) is 16.0.